The van der Waals surface area contributed by atoms with Crippen LogP contribution in [-0.2, 0) is 13.2 Å². The second-order valence-corrected chi connectivity index (χ2v) is 9.07. The lowest BCUT2D eigenvalue weighted by molar-refractivity contribution is 0.0752. The number of carbonyl (C=O) groups is 2. The molecule has 0 bridgehead atoms. The molecule has 4 rings (SSSR count). The fraction of sp³-hybridized carbons (Fsp3) is 0.250. The summed E-state index contributed by atoms with van der Waals surface area (Å²) in [6, 6.07) is 10.8. The lowest BCUT2D eigenvalue weighted by atomic mass is 10.1. The second-order valence-electron chi connectivity index (χ2n) is 9.07. The van der Waals surface area contributed by atoms with Crippen LogP contribution in [0.5, 0.6) is 5.75 Å². The zero-order chi connectivity index (χ0) is 28.1. The molecule has 0 saturated heterocycles. The van der Waals surface area contributed by atoms with Crippen LogP contribution in [0.15, 0.2) is 71.7 Å². The first-order valence-corrected chi connectivity index (χ1v) is 12.2. The highest BCUT2D eigenvalue weighted by Crippen LogP contribution is 2.21. The van der Waals surface area contributed by atoms with Gasteiger partial charge in [0.05, 0.1) is 12.6 Å². The number of nitrogens with one attached hydrogen (secondary N) is 2. The number of fused-ring (bicyclic) bond motifs is 1. The number of hydrogen-bond donors (Lipinski definition) is 3. The number of pyridine rings is 1. The van der Waals surface area contributed by atoms with Gasteiger partial charge in [-0.2, -0.15) is 0 Å². The Hall–Kier alpha value is -4.51. The number of hydrogen-bond acceptors (Lipinski definition) is 6. The predicted molar refractivity (Wildman–Crippen MR) is 140 cm³/mol. The third-order valence-corrected chi connectivity index (χ3v) is 6.35. The molecule has 204 valence electrons. The SMILES string of the molecule is C[C@H]1/C=C\[C@@H](CO)Nn2cc(C(=O)NCc3ccc(F)cc3F)c(=O)c(OCc3ccccc3)c2C(=O)N1C. The third-order valence-electron chi connectivity index (χ3n) is 6.35. The maximum atomic E-state index is 14.1. The first-order valence-electron chi connectivity index (χ1n) is 12.2. The molecule has 39 heavy (non-hydrogen) atoms. The van der Waals surface area contributed by atoms with Crippen LogP contribution in [0.2, 0.25) is 0 Å². The van der Waals surface area contributed by atoms with Crippen molar-refractivity contribution in [1.29, 1.82) is 0 Å². The van der Waals surface area contributed by atoms with Gasteiger partial charge < -0.3 is 25.5 Å². The van der Waals surface area contributed by atoms with E-state index in [1.807, 2.05) is 6.07 Å². The third kappa shape index (κ3) is 6.15. The van der Waals surface area contributed by atoms with E-state index in [0.717, 1.165) is 17.8 Å². The van der Waals surface area contributed by atoms with Crippen LogP contribution in [-0.4, -0.2) is 52.2 Å². The Kier molecular flexibility index (Phi) is 8.40. The monoisotopic (exact) mass is 538 g/mol. The molecule has 2 amide bonds. The van der Waals surface area contributed by atoms with Gasteiger partial charge in [-0.05, 0) is 18.6 Å². The van der Waals surface area contributed by atoms with E-state index in [-0.39, 0.29) is 48.4 Å². The minimum atomic E-state index is -0.865. The molecule has 2 aromatic carbocycles. The topological polar surface area (TPSA) is 113 Å². The minimum Gasteiger partial charge on any atom is -0.482 e. The number of aliphatic hydroxyl groups is 1. The molecule has 3 N–H and O–H groups in total. The zero-order valence-electron chi connectivity index (χ0n) is 21.4. The maximum Gasteiger partial charge on any atom is 0.276 e. The predicted octanol–water partition coefficient (Wildman–Crippen LogP) is 2.57. The fourth-order valence-corrected chi connectivity index (χ4v) is 3.95. The van der Waals surface area contributed by atoms with Crippen LogP contribution in [0.1, 0.15) is 38.9 Å². The molecular weight excluding hydrogens is 510 g/mol. The number of aliphatic hydroxyl groups excluding tert-OH is 1. The standard InChI is InChI=1S/C28H28F2N4O5/c1-17-8-11-21(15-35)32-34-14-22(27(37)31-13-19-9-10-20(29)12-23(19)30)25(36)26(24(34)28(38)33(17)2)39-16-18-6-4-3-5-7-18/h3-12,14,17,21,32,35H,13,15-16H2,1-2H3,(H,31,37)/b11-8-/t17-,21-/m0/s1. The van der Waals surface area contributed by atoms with Crippen LogP contribution in [0.4, 0.5) is 8.78 Å². The first-order chi connectivity index (χ1) is 18.7. The summed E-state index contributed by atoms with van der Waals surface area (Å²) in [4.78, 5) is 41.7. The maximum absolute atomic E-state index is 14.1. The van der Waals surface area contributed by atoms with E-state index in [9.17, 15) is 28.3 Å². The van der Waals surface area contributed by atoms with Crippen molar-refractivity contribution in [3.8, 4) is 5.75 Å². The van der Waals surface area contributed by atoms with Crippen molar-refractivity contribution in [2.24, 2.45) is 0 Å². The van der Waals surface area contributed by atoms with Crippen molar-refractivity contribution in [1.82, 2.24) is 14.9 Å². The summed E-state index contributed by atoms with van der Waals surface area (Å²) in [7, 11) is 1.56. The molecule has 0 radical (unpaired) electrons. The Bertz CT molecular complexity index is 1460. The number of aromatic nitrogens is 1. The van der Waals surface area contributed by atoms with E-state index in [4.69, 9.17) is 4.74 Å². The van der Waals surface area contributed by atoms with E-state index in [1.165, 1.54) is 15.6 Å². The number of rotatable bonds is 7. The van der Waals surface area contributed by atoms with Crippen molar-refractivity contribution in [2.75, 3.05) is 19.1 Å². The Morgan fingerprint density at radius 3 is 2.56 bits per heavy atom. The smallest absolute Gasteiger partial charge is 0.276 e. The fourth-order valence-electron chi connectivity index (χ4n) is 3.95. The molecule has 0 saturated carbocycles. The van der Waals surface area contributed by atoms with Crippen LogP contribution in [0, 0.1) is 11.6 Å². The van der Waals surface area contributed by atoms with Gasteiger partial charge in [-0.15, -0.1) is 0 Å². The lowest BCUT2D eigenvalue weighted by Gasteiger charge is -2.25. The summed E-state index contributed by atoms with van der Waals surface area (Å²) >= 11 is 0. The lowest BCUT2D eigenvalue weighted by Crippen LogP contribution is -2.40. The zero-order valence-corrected chi connectivity index (χ0v) is 21.4. The van der Waals surface area contributed by atoms with E-state index in [0.29, 0.717) is 6.07 Å². The van der Waals surface area contributed by atoms with Crippen molar-refractivity contribution < 1.29 is 28.2 Å². The number of carbonyl (C=O) groups excluding carboxylic acids is 2. The summed E-state index contributed by atoms with van der Waals surface area (Å²) in [5, 5.41) is 12.4. The largest absolute Gasteiger partial charge is 0.482 e. The summed E-state index contributed by atoms with van der Waals surface area (Å²) in [5.74, 6) is -3.40. The molecule has 2 heterocycles. The van der Waals surface area contributed by atoms with Crippen LogP contribution >= 0.6 is 0 Å². The van der Waals surface area contributed by atoms with E-state index in [1.54, 1.807) is 50.4 Å². The van der Waals surface area contributed by atoms with Gasteiger partial charge in [0.15, 0.2) is 11.4 Å². The van der Waals surface area contributed by atoms with Gasteiger partial charge in [0.1, 0.15) is 23.8 Å². The Morgan fingerprint density at radius 1 is 1.13 bits per heavy atom. The number of halogens is 2. The Labute approximate surface area is 223 Å². The molecule has 1 aliphatic heterocycles. The number of likely N-dealkylation sites (N-methyl/N-ethyl adjacent to an activating group) is 1. The molecule has 1 aliphatic rings. The highest BCUT2D eigenvalue weighted by Gasteiger charge is 2.30. The van der Waals surface area contributed by atoms with Crippen molar-refractivity contribution in [2.45, 2.75) is 32.2 Å². The molecule has 1 aromatic heterocycles. The molecule has 0 fully saturated rings. The van der Waals surface area contributed by atoms with Gasteiger partial charge in [0.2, 0.25) is 5.43 Å². The molecule has 2 atom stereocenters. The number of nitrogens with zero attached hydrogens (tertiary/aromatic N) is 2. The van der Waals surface area contributed by atoms with Crippen LogP contribution in [0.3, 0.4) is 0 Å². The van der Waals surface area contributed by atoms with Gasteiger partial charge in [-0.1, -0.05) is 48.6 Å². The molecule has 11 heteroatoms. The van der Waals surface area contributed by atoms with Crippen LogP contribution in [0.25, 0.3) is 0 Å². The summed E-state index contributed by atoms with van der Waals surface area (Å²) in [5.41, 5.74) is 2.28. The van der Waals surface area contributed by atoms with Crippen molar-refractivity contribution >= 4 is 11.8 Å². The van der Waals surface area contributed by atoms with Gasteiger partial charge in [0.25, 0.3) is 11.8 Å². The average molecular weight is 539 g/mol. The van der Waals surface area contributed by atoms with Gasteiger partial charge >= 0.3 is 0 Å². The molecule has 0 spiro atoms. The highest BCUT2D eigenvalue weighted by atomic mass is 19.1. The normalized spacial score (nSPS) is 17.8. The molecule has 0 aliphatic carbocycles. The second kappa shape index (κ2) is 11.9. The number of ether oxygens (including phenoxy) is 1. The minimum absolute atomic E-state index is 0.0162. The molecule has 9 nitrogen and oxygen atoms in total. The van der Waals surface area contributed by atoms with Gasteiger partial charge in [-0.3, -0.25) is 19.1 Å². The summed E-state index contributed by atoms with van der Waals surface area (Å²) in [6.07, 6.45) is 4.54. The van der Waals surface area contributed by atoms with E-state index in [2.05, 4.69) is 10.7 Å². The highest BCUT2D eigenvalue weighted by molar-refractivity contribution is 5.99. The molecule has 0 unspecified atom stereocenters. The molecular formula is C28H28F2N4O5. The number of benzene rings is 2. The quantitative estimate of drug-likeness (QED) is 0.399. The summed E-state index contributed by atoms with van der Waals surface area (Å²) in [6.45, 7) is 1.04. The van der Waals surface area contributed by atoms with Crippen LogP contribution < -0.4 is 20.9 Å². The average Bonchev–Trinajstić information content (AvgIpc) is 2.97. The van der Waals surface area contributed by atoms with Crippen molar-refractivity contribution in [3.05, 3.63) is 111 Å². The summed E-state index contributed by atoms with van der Waals surface area (Å²) < 4.78 is 34.4. The van der Waals surface area contributed by atoms with Crippen molar-refractivity contribution in [3.63, 3.8) is 0 Å². The van der Waals surface area contributed by atoms with E-state index >= 15 is 0 Å². The number of amides is 2. The molecule has 3 aromatic rings. The Balaban J connectivity index is 1.78. The Morgan fingerprint density at radius 2 is 1.87 bits per heavy atom. The van der Waals surface area contributed by atoms with Gasteiger partial charge in [-0.25, -0.2) is 8.78 Å². The van der Waals surface area contributed by atoms with Gasteiger partial charge in [0, 0.05) is 37.5 Å². The first kappa shape index (κ1) is 27.5. The van der Waals surface area contributed by atoms with E-state index < -0.39 is 34.9 Å².